The molecule has 0 heterocycles. The summed E-state index contributed by atoms with van der Waals surface area (Å²) in [5, 5.41) is 0. The molecule has 0 saturated heterocycles. The molecule has 0 amide bonds. The molecule has 0 saturated carbocycles. The van der Waals surface area contributed by atoms with E-state index < -0.39 is 17.1 Å². The van der Waals surface area contributed by atoms with Crippen molar-refractivity contribution in [3.63, 3.8) is 0 Å². The third-order valence-electron chi connectivity index (χ3n) is 4.04. The minimum Gasteiger partial charge on any atom is -0.209 e. The predicted molar refractivity (Wildman–Crippen MR) is 98.7 cm³/mol. The molecule has 0 rings (SSSR count). The second-order valence-electron chi connectivity index (χ2n) is 9.75. The van der Waals surface area contributed by atoms with Gasteiger partial charge in [0.15, 0.2) is 0 Å². The van der Waals surface area contributed by atoms with Crippen LogP contribution in [-0.4, -0.2) is 0 Å². The molecule has 136 valence electrons. The first kappa shape index (κ1) is 22.3. The average Bonchev–Trinajstić information content (AvgIpc) is 2.38. The fraction of sp³-hybridized carbons (Fsp3) is 0.810. The highest BCUT2D eigenvalue weighted by atomic mass is 19.2. The first-order chi connectivity index (χ1) is 10.2. The minimum absolute atomic E-state index is 0.154. The summed E-state index contributed by atoms with van der Waals surface area (Å²) >= 11 is 0. The van der Waals surface area contributed by atoms with Gasteiger partial charge in [0.05, 0.1) is 0 Å². The third-order valence-corrected chi connectivity index (χ3v) is 4.04. The Morgan fingerprint density at radius 1 is 0.870 bits per heavy atom. The SMILES string of the molecule is CC(CCCCC(C)(C)/C=C\C(C)(C)C)/C(F)=C(/F)C(C)(C)C. The van der Waals surface area contributed by atoms with Gasteiger partial charge in [0.1, 0.15) is 11.7 Å². The molecule has 0 radical (unpaired) electrons. The molecule has 0 aliphatic carbocycles. The number of hydrogen-bond donors (Lipinski definition) is 0. The zero-order valence-electron chi connectivity index (χ0n) is 16.8. The summed E-state index contributed by atoms with van der Waals surface area (Å²) in [6, 6.07) is 0. The maximum absolute atomic E-state index is 14.1. The van der Waals surface area contributed by atoms with Gasteiger partial charge in [-0.25, -0.2) is 8.78 Å². The third kappa shape index (κ3) is 9.94. The Hall–Kier alpha value is -0.660. The molecule has 0 spiro atoms. The van der Waals surface area contributed by atoms with Crippen molar-refractivity contribution >= 4 is 0 Å². The van der Waals surface area contributed by atoms with Gasteiger partial charge in [-0.1, -0.05) is 87.3 Å². The van der Waals surface area contributed by atoms with Gasteiger partial charge in [0.2, 0.25) is 0 Å². The lowest BCUT2D eigenvalue weighted by Gasteiger charge is -2.23. The Bertz CT molecular complexity index is 414. The fourth-order valence-electron chi connectivity index (χ4n) is 2.29. The molecule has 0 aromatic rings. The van der Waals surface area contributed by atoms with E-state index in [9.17, 15) is 8.78 Å². The molecule has 0 aromatic heterocycles. The summed E-state index contributed by atoms with van der Waals surface area (Å²) in [6.45, 7) is 18.0. The molecule has 0 nitrogen and oxygen atoms in total. The number of halogens is 2. The van der Waals surface area contributed by atoms with Gasteiger partial charge >= 0.3 is 0 Å². The van der Waals surface area contributed by atoms with Crippen molar-refractivity contribution in [3.05, 3.63) is 23.8 Å². The Morgan fingerprint density at radius 3 is 1.83 bits per heavy atom. The zero-order valence-corrected chi connectivity index (χ0v) is 16.8. The maximum atomic E-state index is 14.1. The first-order valence-electron chi connectivity index (χ1n) is 8.92. The summed E-state index contributed by atoms with van der Waals surface area (Å²) in [5.41, 5.74) is -0.385. The van der Waals surface area contributed by atoms with Crippen LogP contribution in [-0.2, 0) is 0 Å². The van der Waals surface area contributed by atoms with Crippen molar-refractivity contribution < 1.29 is 8.78 Å². The minimum atomic E-state index is -0.738. The van der Waals surface area contributed by atoms with Crippen LogP contribution in [0.2, 0.25) is 0 Å². The summed E-state index contributed by atoms with van der Waals surface area (Å²) < 4.78 is 28.1. The molecule has 2 heteroatoms. The average molecular weight is 329 g/mol. The van der Waals surface area contributed by atoms with Crippen LogP contribution in [0.4, 0.5) is 8.78 Å². The highest BCUT2D eigenvalue weighted by Crippen LogP contribution is 2.35. The summed E-state index contributed by atoms with van der Waals surface area (Å²) in [6.07, 6.45) is 8.29. The van der Waals surface area contributed by atoms with Gasteiger partial charge in [0, 0.05) is 11.3 Å². The summed E-state index contributed by atoms with van der Waals surface area (Å²) in [4.78, 5) is 0. The van der Waals surface area contributed by atoms with E-state index in [0.717, 1.165) is 19.3 Å². The topological polar surface area (TPSA) is 0 Å². The molecule has 0 aliphatic heterocycles. The van der Waals surface area contributed by atoms with Crippen LogP contribution in [0, 0.1) is 22.2 Å². The number of hydrogen-bond acceptors (Lipinski definition) is 0. The van der Waals surface area contributed by atoms with Gasteiger partial charge in [-0.15, -0.1) is 0 Å². The molecule has 0 fully saturated rings. The second kappa shape index (κ2) is 8.44. The smallest absolute Gasteiger partial charge is 0.137 e. The summed E-state index contributed by atoms with van der Waals surface area (Å²) in [5.74, 6) is -1.50. The number of unbranched alkanes of at least 4 members (excludes halogenated alkanes) is 1. The molecular formula is C21H38F2. The van der Waals surface area contributed by atoms with Crippen molar-refractivity contribution in [1.82, 2.24) is 0 Å². The van der Waals surface area contributed by atoms with Crippen molar-refractivity contribution in [3.8, 4) is 0 Å². The van der Waals surface area contributed by atoms with E-state index in [4.69, 9.17) is 0 Å². The highest BCUT2D eigenvalue weighted by molar-refractivity contribution is 5.09. The van der Waals surface area contributed by atoms with Gasteiger partial charge in [0.25, 0.3) is 0 Å². The molecule has 1 atom stereocenters. The Balaban J connectivity index is 4.39. The molecule has 23 heavy (non-hydrogen) atoms. The lowest BCUT2D eigenvalue weighted by atomic mass is 9.83. The number of rotatable bonds is 7. The highest BCUT2D eigenvalue weighted by Gasteiger charge is 2.25. The molecule has 1 unspecified atom stereocenters. The van der Waals surface area contributed by atoms with Gasteiger partial charge in [-0.2, -0.15) is 0 Å². The van der Waals surface area contributed by atoms with Gasteiger partial charge in [-0.3, -0.25) is 0 Å². The Morgan fingerprint density at radius 2 is 1.39 bits per heavy atom. The summed E-state index contributed by atoms with van der Waals surface area (Å²) in [7, 11) is 0. The van der Waals surface area contributed by atoms with E-state index >= 15 is 0 Å². The van der Waals surface area contributed by atoms with Crippen molar-refractivity contribution in [2.45, 2.75) is 88.0 Å². The zero-order chi connectivity index (χ0) is 18.5. The van der Waals surface area contributed by atoms with E-state index in [1.165, 1.54) is 0 Å². The van der Waals surface area contributed by atoms with E-state index in [1.807, 2.05) is 0 Å². The standard InChI is InChI=1S/C21H38F2/c1-16(17(22)18(23)20(5,6)7)12-10-11-13-21(8,9)15-14-19(2,3)4/h14-16H,10-13H2,1-9H3/b15-14-,18-17-. The fourth-order valence-corrected chi connectivity index (χ4v) is 2.29. The van der Waals surface area contributed by atoms with Crippen molar-refractivity contribution in [1.29, 1.82) is 0 Å². The molecule has 0 aromatic carbocycles. The first-order valence-corrected chi connectivity index (χ1v) is 8.92. The largest absolute Gasteiger partial charge is 0.209 e. The van der Waals surface area contributed by atoms with Crippen LogP contribution in [0.1, 0.15) is 88.0 Å². The molecular weight excluding hydrogens is 290 g/mol. The van der Waals surface area contributed by atoms with Gasteiger partial charge < -0.3 is 0 Å². The van der Waals surface area contributed by atoms with Crippen LogP contribution in [0.5, 0.6) is 0 Å². The van der Waals surface area contributed by atoms with Gasteiger partial charge in [-0.05, 0) is 23.7 Å². The monoisotopic (exact) mass is 328 g/mol. The molecule has 0 bridgehead atoms. The Labute approximate surface area is 143 Å². The lowest BCUT2D eigenvalue weighted by Crippen LogP contribution is -2.11. The van der Waals surface area contributed by atoms with Crippen LogP contribution in [0.15, 0.2) is 23.8 Å². The normalized spacial score (nSPS) is 16.7. The van der Waals surface area contributed by atoms with Crippen LogP contribution in [0.3, 0.4) is 0 Å². The Kier molecular flexibility index (Phi) is 8.20. The predicted octanol–water partition coefficient (Wildman–Crippen LogP) is 8.01. The molecule has 0 N–H and O–H groups in total. The van der Waals surface area contributed by atoms with Crippen LogP contribution >= 0.6 is 0 Å². The van der Waals surface area contributed by atoms with E-state index in [2.05, 4.69) is 46.8 Å². The maximum Gasteiger partial charge on any atom is 0.137 e. The van der Waals surface area contributed by atoms with Crippen molar-refractivity contribution in [2.75, 3.05) is 0 Å². The van der Waals surface area contributed by atoms with E-state index in [-0.39, 0.29) is 16.7 Å². The van der Waals surface area contributed by atoms with Crippen LogP contribution < -0.4 is 0 Å². The second-order valence-corrected chi connectivity index (χ2v) is 9.75. The van der Waals surface area contributed by atoms with Crippen LogP contribution in [0.25, 0.3) is 0 Å². The molecule has 0 aliphatic rings. The quantitative estimate of drug-likeness (QED) is 0.328. The number of allylic oxidation sites excluding steroid dienone is 4. The van der Waals surface area contributed by atoms with E-state index in [0.29, 0.717) is 6.42 Å². The van der Waals surface area contributed by atoms with Crippen molar-refractivity contribution in [2.24, 2.45) is 22.2 Å². The lowest BCUT2D eigenvalue weighted by molar-refractivity contribution is 0.322. The van der Waals surface area contributed by atoms with E-state index in [1.54, 1.807) is 27.7 Å².